The summed E-state index contributed by atoms with van der Waals surface area (Å²) in [5, 5.41) is 3.51. The first-order valence-corrected chi connectivity index (χ1v) is 5.67. The molecule has 0 aliphatic carbocycles. The Morgan fingerprint density at radius 1 is 1.43 bits per heavy atom. The first-order valence-electron chi connectivity index (χ1n) is 5.67. The van der Waals surface area contributed by atoms with Crippen LogP contribution in [-0.2, 0) is 9.47 Å². The van der Waals surface area contributed by atoms with E-state index in [1.54, 1.807) is 7.11 Å². The molecule has 0 radical (unpaired) electrons. The number of rotatable bonds is 6. The van der Waals surface area contributed by atoms with Crippen molar-refractivity contribution < 1.29 is 9.47 Å². The van der Waals surface area contributed by atoms with Crippen LogP contribution >= 0.6 is 0 Å². The molecule has 0 bridgehead atoms. The fraction of sp³-hybridized carbons (Fsp3) is 1.00. The molecule has 2 unspecified atom stereocenters. The van der Waals surface area contributed by atoms with Gasteiger partial charge in [-0.05, 0) is 32.7 Å². The first kappa shape index (κ1) is 12.0. The van der Waals surface area contributed by atoms with E-state index in [0.717, 1.165) is 13.0 Å². The van der Waals surface area contributed by atoms with Crippen LogP contribution in [0.15, 0.2) is 0 Å². The van der Waals surface area contributed by atoms with Gasteiger partial charge in [-0.25, -0.2) is 0 Å². The highest BCUT2D eigenvalue weighted by Crippen LogP contribution is 2.09. The van der Waals surface area contributed by atoms with Crippen molar-refractivity contribution in [3.8, 4) is 0 Å². The highest BCUT2D eigenvalue weighted by Gasteiger charge is 2.11. The van der Waals surface area contributed by atoms with E-state index >= 15 is 0 Å². The van der Waals surface area contributed by atoms with Crippen molar-refractivity contribution in [3.05, 3.63) is 0 Å². The highest BCUT2D eigenvalue weighted by atomic mass is 16.5. The lowest BCUT2D eigenvalue weighted by molar-refractivity contribution is 0.0152. The third-order valence-electron chi connectivity index (χ3n) is 2.78. The van der Waals surface area contributed by atoms with Gasteiger partial charge in [0.05, 0.1) is 12.7 Å². The van der Waals surface area contributed by atoms with Gasteiger partial charge in [0.2, 0.25) is 0 Å². The summed E-state index contributed by atoms with van der Waals surface area (Å²) in [5.74, 6) is 0. The molecule has 14 heavy (non-hydrogen) atoms. The zero-order valence-corrected chi connectivity index (χ0v) is 9.42. The summed E-state index contributed by atoms with van der Waals surface area (Å²) in [4.78, 5) is 0. The van der Waals surface area contributed by atoms with Gasteiger partial charge in [0.25, 0.3) is 0 Å². The Balaban J connectivity index is 1.92. The Morgan fingerprint density at radius 3 is 2.93 bits per heavy atom. The van der Waals surface area contributed by atoms with E-state index < -0.39 is 0 Å². The van der Waals surface area contributed by atoms with Crippen molar-refractivity contribution in [3.63, 3.8) is 0 Å². The molecule has 0 aromatic rings. The lowest BCUT2D eigenvalue weighted by Crippen LogP contribution is -2.35. The monoisotopic (exact) mass is 201 g/mol. The molecule has 1 aliphatic heterocycles. The second kappa shape index (κ2) is 7.21. The van der Waals surface area contributed by atoms with Crippen LogP contribution in [0, 0.1) is 0 Å². The Kier molecular flexibility index (Phi) is 6.15. The molecule has 1 heterocycles. The fourth-order valence-corrected chi connectivity index (χ4v) is 1.71. The standard InChI is InChI=1S/C11H23NO2/c1-10(13-2)9-14-8-6-11-5-3-4-7-12-11/h10-12H,3-9H2,1-2H3. The Hall–Kier alpha value is -0.120. The van der Waals surface area contributed by atoms with E-state index in [0.29, 0.717) is 12.6 Å². The molecule has 0 saturated carbocycles. The van der Waals surface area contributed by atoms with Crippen LogP contribution in [0.2, 0.25) is 0 Å². The van der Waals surface area contributed by atoms with Gasteiger partial charge in [-0.1, -0.05) is 6.42 Å². The lowest BCUT2D eigenvalue weighted by atomic mass is 10.0. The minimum Gasteiger partial charge on any atom is -0.379 e. The molecule has 3 heteroatoms. The molecule has 84 valence electrons. The Labute approximate surface area is 87.2 Å². The highest BCUT2D eigenvalue weighted by molar-refractivity contribution is 4.71. The van der Waals surface area contributed by atoms with Gasteiger partial charge in [-0.3, -0.25) is 0 Å². The molecule has 1 aliphatic rings. The number of hydrogen-bond acceptors (Lipinski definition) is 3. The van der Waals surface area contributed by atoms with E-state index in [4.69, 9.17) is 9.47 Å². The molecule has 1 saturated heterocycles. The summed E-state index contributed by atoms with van der Waals surface area (Å²) in [6, 6.07) is 0.682. The molecule has 2 atom stereocenters. The summed E-state index contributed by atoms with van der Waals surface area (Å²) in [6.45, 7) is 4.77. The zero-order valence-electron chi connectivity index (χ0n) is 9.42. The van der Waals surface area contributed by atoms with Gasteiger partial charge in [-0.15, -0.1) is 0 Å². The summed E-state index contributed by atoms with van der Waals surface area (Å²) < 4.78 is 10.6. The maximum absolute atomic E-state index is 5.52. The number of piperidine rings is 1. The maximum atomic E-state index is 5.52. The maximum Gasteiger partial charge on any atom is 0.0776 e. The second-order valence-electron chi connectivity index (χ2n) is 4.06. The average molecular weight is 201 g/mol. The van der Waals surface area contributed by atoms with Crippen LogP contribution in [0.1, 0.15) is 32.6 Å². The summed E-state index contributed by atoms with van der Waals surface area (Å²) >= 11 is 0. The molecule has 0 aromatic heterocycles. The van der Waals surface area contributed by atoms with E-state index in [2.05, 4.69) is 5.32 Å². The first-order chi connectivity index (χ1) is 6.83. The number of nitrogens with one attached hydrogen (secondary N) is 1. The van der Waals surface area contributed by atoms with Crippen molar-refractivity contribution in [2.75, 3.05) is 26.9 Å². The smallest absolute Gasteiger partial charge is 0.0776 e. The van der Waals surface area contributed by atoms with Gasteiger partial charge in [0.1, 0.15) is 0 Å². The van der Waals surface area contributed by atoms with Crippen LogP contribution in [0.3, 0.4) is 0 Å². The number of ether oxygens (including phenoxy) is 2. The van der Waals surface area contributed by atoms with Gasteiger partial charge < -0.3 is 14.8 Å². The zero-order chi connectivity index (χ0) is 10.2. The molecule has 0 spiro atoms. The van der Waals surface area contributed by atoms with Crippen LogP contribution in [0.5, 0.6) is 0 Å². The van der Waals surface area contributed by atoms with Crippen LogP contribution < -0.4 is 5.32 Å². The minimum absolute atomic E-state index is 0.217. The predicted molar refractivity (Wildman–Crippen MR) is 57.5 cm³/mol. The van der Waals surface area contributed by atoms with Crippen LogP contribution in [0.25, 0.3) is 0 Å². The quantitative estimate of drug-likeness (QED) is 0.662. The SMILES string of the molecule is COC(C)COCCC1CCCCN1. The van der Waals surface area contributed by atoms with E-state index in [1.165, 1.54) is 25.8 Å². The van der Waals surface area contributed by atoms with Gasteiger partial charge >= 0.3 is 0 Å². The average Bonchev–Trinajstić information content (AvgIpc) is 2.25. The summed E-state index contributed by atoms with van der Waals surface area (Å²) in [6.07, 6.45) is 5.36. The molecule has 1 rings (SSSR count). The van der Waals surface area contributed by atoms with Crippen LogP contribution in [0.4, 0.5) is 0 Å². The minimum atomic E-state index is 0.217. The van der Waals surface area contributed by atoms with E-state index in [1.807, 2.05) is 6.92 Å². The summed E-state index contributed by atoms with van der Waals surface area (Å²) in [7, 11) is 1.72. The fourth-order valence-electron chi connectivity index (χ4n) is 1.71. The molecule has 1 fully saturated rings. The number of hydrogen-bond donors (Lipinski definition) is 1. The normalized spacial score (nSPS) is 24.9. The largest absolute Gasteiger partial charge is 0.379 e. The van der Waals surface area contributed by atoms with Crippen molar-refractivity contribution in [2.24, 2.45) is 0 Å². The van der Waals surface area contributed by atoms with Gasteiger partial charge in [0, 0.05) is 19.8 Å². The van der Waals surface area contributed by atoms with Gasteiger partial charge in [0.15, 0.2) is 0 Å². The second-order valence-corrected chi connectivity index (χ2v) is 4.06. The summed E-state index contributed by atoms with van der Waals surface area (Å²) in [5.41, 5.74) is 0. The van der Waals surface area contributed by atoms with Gasteiger partial charge in [-0.2, -0.15) is 0 Å². The van der Waals surface area contributed by atoms with Crippen molar-refractivity contribution in [2.45, 2.75) is 44.8 Å². The van der Waals surface area contributed by atoms with Crippen molar-refractivity contribution in [1.29, 1.82) is 0 Å². The topological polar surface area (TPSA) is 30.5 Å². The third-order valence-corrected chi connectivity index (χ3v) is 2.78. The Morgan fingerprint density at radius 2 is 2.29 bits per heavy atom. The molecule has 0 amide bonds. The molecular formula is C11H23NO2. The lowest BCUT2D eigenvalue weighted by Gasteiger charge is -2.23. The van der Waals surface area contributed by atoms with Crippen molar-refractivity contribution >= 4 is 0 Å². The molecule has 0 aromatic carbocycles. The molecular weight excluding hydrogens is 178 g/mol. The molecule has 3 nitrogen and oxygen atoms in total. The number of methoxy groups -OCH3 is 1. The van der Waals surface area contributed by atoms with Crippen LogP contribution in [-0.4, -0.2) is 39.0 Å². The predicted octanol–water partition coefficient (Wildman–Crippen LogP) is 1.57. The third kappa shape index (κ3) is 4.94. The van der Waals surface area contributed by atoms with E-state index in [-0.39, 0.29) is 6.10 Å². The molecule has 1 N–H and O–H groups in total. The van der Waals surface area contributed by atoms with Crippen molar-refractivity contribution in [1.82, 2.24) is 5.32 Å². The Bertz CT molecular complexity index is 135. The van der Waals surface area contributed by atoms with E-state index in [9.17, 15) is 0 Å².